The maximum atomic E-state index is 6.28. The number of ether oxygens (including phenoxy) is 1. The molecule has 2 aromatic rings. The minimum absolute atomic E-state index is 0.321. The second-order valence-corrected chi connectivity index (χ2v) is 6.57. The van der Waals surface area contributed by atoms with E-state index in [0.29, 0.717) is 10.9 Å². The van der Waals surface area contributed by atoms with Crippen LogP contribution in [0.3, 0.4) is 0 Å². The van der Waals surface area contributed by atoms with Crippen LogP contribution in [0.15, 0.2) is 40.9 Å². The summed E-state index contributed by atoms with van der Waals surface area (Å²) in [6.45, 7) is 1.90. The van der Waals surface area contributed by atoms with E-state index >= 15 is 0 Å². The Bertz CT molecular complexity index is 642. The van der Waals surface area contributed by atoms with E-state index in [1.165, 1.54) is 16.7 Å². The van der Waals surface area contributed by atoms with Crippen molar-refractivity contribution < 1.29 is 4.74 Å². The molecular weight excluding hydrogens is 350 g/mol. The van der Waals surface area contributed by atoms with Crippen molar-refractivity contribution in [1.82, 2.24) is 5.32 Å². The molecule has 0 amide bonds. The number of halogens is 2. The van der Waals surface area contributed by atoms with Gasteiger partial charge in [0.05, 0.1) is 12.1 Å². The summed E-state index contributed by atoms with van der Waals surface area (Å²) in [5.74, 6) is 1.07. The maximum absolute atomic E-state index is 6.28. The van der Waals surface area contributed by atoms with Crippen molar-refractivity contribution in [3.8, 4) is 5.75 Å². The third kappa shape index (κ3) is 3.10. The number of hydrogen-bond acceptors (Lipinski definition) is 2. The Morgan fingerprint density at radius 2 is 2.00 bits per heavy atom. The molecule has 0 spiro atoms. The molecule has 1 N–H and O–H groups in total. The average Bonchev–Trinajstić information content (AvgIpc) is 2.69. The van der Waals surface area contributed by atoms with E-state index in [-0.39, 0.29) is 0 Å². The molecule has 1 aliphatic rings. The van der Waals surface area contributed by atoms with Crippen molar-refractivity contribution in [2.45, 2.75) is 12.3 Å². The monoisotopic (exact) mass is 365 g/mol. The van der Waals surface area contributed by atoms with Gasteiger partial charge in [0.1, 0.15) is 5.75 Å². The predicted molar refractivity (Wildman–Crippen MR) is 90.6 cm³/mol. The van der Waals surface area contributed by atoms with Gasteiger partial charge in [-0.05, 0) is 53.9 Å². The highest BCUT2D eigenvalue weighted by molar-refractivity contribution is 9.10. The lowest BCUT2D eigenvalue weighted by molar-refractivity contribution is 0.414. The SMILES string of the molecule is COc1cc2c(cc1Cl)CCNCC2c1ccc(Br)cc1. The van der Waals surface area contributed by atoms with Gasteiger partial charge in [-0.15, -0.1) is 0 Å². The molecule has 0 aliphatic carbocycles. The quantitative estimate of drug-likeness (QED) is 0.851. The third-order valence-electron chi connectivity index (χ3n) is 3.98. The molecule has 2 aromatic carbocycles. The highest BCUT2D eigenvalue weighted by Crippen LogP contribution is 2.36. The zero-order chi connectivity index (χ0) is 14.8. The number of rotatable bonds is 2. The van der Waals surface area contributed by atoms with E-state index in [2.05, 4.69) is 57.6 Å². The zero-order valence-corrected chi connectivity index (χ0v) is 14.2. The van der Waals surface area contributed by atoms with Crippen molar-refractivity contribution in [3.05, 3.63) is 62.6 Å². The maximum Gasteiger partial charge on any atom is 0.137 e. The zero-order valence-electron chi connectivity index (χ0n) is 11.8. The van der Waals surface area contributed by atoms with Crippen molar-refractivity contribution in [2.24, 2.45) is 0 Å². The van der Waals surface area contributed by atoms with E-state index in [0.717, 1.165) is 29.7 Å². The first kappa shape index (κ1) is 14.9. The topological polar surface area (TPSA) is 21.3 Å². The Labute approximate surface area is 138 Å². The minimum atomic E-state index is 0.321. The molecule has 0 aromatic heterocycles. The summed E-state index contributed by atoms with van der Waals surface area (Å²) in [7, 11) is 1.66. The van der Waals surface area contributed by atoms with Gasteiger partial charge in [-0.2, -0.15) is 0 Å². The van der Waals surface area contributed by atoms with Crippen LogP contribution >= 0.6 is 27.5 Å². The van der Waals surface area contributed by atoms with Gasteiger partial charge in [0, 0.05) is 16.9 Å². The molecule has 3 rings (SSSR count). The van der Waals surface area contributed by atoms with E-state index in [1.54, 1.807) is 7.11 Å². The first-order valence-corrected chi connectivity index (χ1v) is 8.18. The molecule has 1 heterocycles. The Morgan fingerprint density at radius 1 is 1.24 bits per heavy atom. The van der Waals surface area contributed by atoms with Gasteiger partial charge in [-0.3, -0.25) is 0 Å². The van der Waals surface area contributed by atoms with Gasteiger partial charge >= 0.3 is 0 Å². The van der Waals surface area contributed by atoms with Crippen molar-refractivity contribution in [3.63, 3.8) is 0 Å². The fourth-order valence-corrected chi connectivity index (χ4v) is 3.41. The van der Waals surface area contributed by atoms with E-state index in [4.69, 9.17) is 16.3 Å². The Kier molecular flexibility index (Phi) is 4.53. The lowest BCUT2D eigenvalue weighted by Gasteiger charge is -2.20. The van der Waals surface area contributed by atoms with E-state index < -0.39 is 0 Å². The molecule has 0 radical (unpaired) electrons. The summed E-state index contributed by atoms with van der Waals surface area (Å²) in [4.78, 5) is 0. The molecule has 0 saturated heterocycles. The summed E-state index contributed by atoms with van der Waals surface area (Å²) in [5.41, 5.74) is 3.92. The fourth-order valence-electron chi connectivity index (χ4n) is 2.88. The molecule has 2 nitrogen and oxygen atoms in total. The second-order valence-electron chi connectivity index (χ2n) is 5.24. The van der Waals surface area contributed by atoms with Gasteiger partial charge in [0.25, 0.3) is 0 Å². The van der Waals surface area contributed by atoms with Crippen LogP contribution in [0.5, 0.6) is 5.75 Å². The largest absolute Gasteiger partial charge is 0.495 e. The number of methoxy groups -OCH3 is 1. The van der Waals surface area contributed by atoms with Crippen molar-refractivity contribution >= 4 is 27.5 Å². The Hall–Kier alpha value is -1.03. The predicted octanol–water partition coefficient (Wildman–Crippen LogP) is 4.39. The van der Waals surface area contributed by atoms with Crippen LogP contribution < -0.4 is 10.1 Å². The summed E-state index contributed by atoms with van der Waals surface area (Å²) < 4.78 is 6.49. The van der Waals surface area contributed by atoms with Crippen LogP contribution in [0.2, 0.25) is 5.02 Å². The van der Waals surface area contributed by atoms with Crippen LogP contribution in [0.4, 0.5) is 0 Å². The van der Waals surface area contributed by atoms with Crippen molar-refractivity contribution in [1.29, 1.82) is 0 Å². The molecule has 21 heavy (non-hydrogen) atoms. The van der Waals surface area contributed by atoms with Crippen molar-refractivity contribution in [2.75, 3.05) is 20.2 Å². The molecule has 1 aliphatic heterocycles. The van der Waals surface area contributed by atoms with E-state index in [1.807, 2.05) is 0 Å². The van der Waals surface area contributed by atoms with Gasteiger partial charge < -0.3 is 10.1 Å². The minimum Gasteiger partial charge on any atom is -0.495 e. The second kappa shape index (κ2) is 6.39. The summed E-state index contributed by atoms with van der Waals surface area (Å²) in [5, 5.41) is 4.21. The molecule has 110 valence electrons. The van der Waals surface area contributed by atoms with Crippen LogP contribution in [-0.4, -0.2) is 20.2 Å². The lowest BCUT2D eigenvalue weighted by Crippen LogP contribution is -2.20. The summed E-state index contributed by atoms with van der Waals surface area (Å²) in [6, 6.07) is 12.7. The smallest absolute Gasteiger partial charge is 0.137 e. The highest BCUT2D eigenvalue weighted by Gasteiger charge is 2.22. The van der Waals surface area contributed by atoms with Crippen LogP contribution in [-0.2, 0) is 6.42 Å². The van der Waals surface area contributed by atoms with Gasteiger partial charge in [-0.25, -0.2) is 0 Å². The van der Waals surface area contributed by atoms with Gasteiger partial charge in [-0.1, -0.05) is 39.7 Å². The molecule has 0 fully saturated rings. The highest BCUT2D eigenvalue weighted by atomic mass is 79.9. The molecule has 0 bridgehead atoms. The molecule has 1 atom stereocenters. The van der Waals surface area contributed by atoms with E-state index in [9.17, 15) is 0 Å². The normalized spacial score (nSPS) is 18.0. The van der Waals surface area contributed by atoms with Gasteiger partial charge in [0.15, 0.2) is 0 Å². The molecule has 1 unspecified atom stereocenters. The molecule has 0 saturated carbocycles. The fraction of sp³-hybridized carbons (Fsp3) is 0.294. The molecule has 4 heteroatoms. The first-order chi connectivity index (χ1) is 10.2. The van der Waals surface area contributed by atoms with Gasteiger partial charge in [0.2, 0.25) is 0 Å². The summed E-state index contributed by atoms with van der Waals surface area (Å²) >= 11 is 9.77. The standard InChI is InChI=1S/C17H17BrClNO/c1-21-17-9-14-12(8-16(17)19)6-7-20-10-15(14)11-2-4-13(18)5-3-11/h2-5,8-9,15,20H,6-7,10H2,1H3. The van der Waals surface area contributed by atoms with Crippen LogP contribution in [0.25, 0.3) is 0 Å². The lowest BCUT2D eigenvalue weighted by atomic mass is 9.88. The third-order valence-corrected chi connectivity index (χ3v) is 4.81. The van der Waals surface area contributed by atoms with Crippen LogP contribution in [0, 0.1) is 0 Å². The average molecular weight is 367 g/mol. The van der Waals surface area contributed by atoms with Crippen LogP contribution in [0.1, 0.15) is 22.6 Å². The number of nitrogens with one attached hydrogen (secondary N) is 1. The Balaban J connectivity index is 2.09. The number of hydrogen-bond donors (Lipinski definition) is 1. The Morgan fingerprint density at radius 3 is 2.71 bits per heavy atom. The number of benzene rings is 2. The number of fused-ring (bicyclic) bond motifs is 1. The molecular formula is C17H17BrClNO. The summed E-state index contributed by atoms with van der Waals surface area (Å²) in [6.07, 6.45) is 0.992. The first-order valence-electron chi connectivity index (χ1n) is 7.01.